The van der Waals surface area contributed by atoms with Crippen LogP contribution in [0.5, 0.6) is 11.6 Å². The highest BCUT2D eigenvalue weighted by Crippen LogP contribution is 2.28. The summed E-state index contributed by atoms with van der Waals surface area (Å²) < 4.78 is 19.3. The van der Waals surface area contributed by atoms with Gasteiger partial charge in [-0.2, -0.15) is 10.2 Å². The maximum atomic E-state index is 13.8. The molecule has 0 aliphatic carbocycles. The second-order valence-corrected chi connectivity index (χ2v) is 4.16. The summed E-state index contributed by atoms with van der Waals surface area (Å²) in [5.41, 5.74) is 0.920. The molecule has 2 rings (SSSR count). The number of nitriles is 1. The van der Waals surface area contributed by atoms with Gasteiger partial charge in [0.05, 0.1) is 17.2 Å². The third-order valence-corrected chi connectivity index (χ3v) is 2.72. The Balaban J connectivity index is 2.40. The molecule has 0 saturated heterocycles. The summed E-state index contributed by atoms with van der Waals surface area (Å²) in [6, 6.07) is 5.88. The predicted molar refractivity (Wildman–Crippen MR) is 72.2 cm³/mol. The SMILES string of the molecule is CNc1nc(C)nc(Oc2ccc(C#N)cc2F)c1C. The molecule has 0 amide bonds. The van der Waals surface area contributed by atoms with E-state index < -0.39 is 5.82 Å². The largest absolute Gasteiger partial charge is 0.435 e. The van der Waals surface area contributed by atoms with E-state index in [1.807, 2.05) is 6.07 Å². The Morgan fingerprint density at radius 3 is 2.65 bits per heavy atom. The van der Waals surface area contributed by atoms with Crippen molar-refractivity contribution in [3.63, 3.8) is 0 Å². The monoisotopic (exact) mass is 272 g/mol. The number of nitrogens with zero attached hydrogens (tertiary/aromatic N) is 3. The molecule has 0 fully saturated rings. The van der Waals surface area contributed by atoms with Crippen molar-refractivity contribution in [3.05, 3.63) is 41.0 Å². The van der Waals surface area contributed by atoms with E-state index in [4.69, 9.17) is 10.00 Å². The van der Waals surface area contributed by atoms with Gasteiger partial charge in [-0.25, -0.2) is 9.37 Å². The van der Waals surface area contributed by atoms with Gasteiger partial charge in [-0.05, 0) is 32.0 Å². The Morgan fingerprint density at radius 1 is 1.30 bits per heavy atom. The standard InChI is InChI=1S/C14H13FN4O/c1-8-13(17-3)18-9(2)19-14(8)20-12-5-4-10(7-16)6-11(12)15/h4-6H,1-3H3,(H,17,18,19). The number of benzene rings is 1. The maximum absolute atomic E-state index is 13.8. The zero-order valence-corrected chi connectivity index (χ0v) is 11.4. The molecule has 0 spiro atoms. The minimum atomic E-state index is -0.606. The van der Waals surface area contributed by atoms with Crippen molar-refractivity contribution in [2.75, 3.05) is 12.4 Å². The first kappa shape index (κ1) is 13.7. The first-order chi connectivity index (χ1) is 9.55. The molecule has 0 aliphatic heterocycles. The summed E-state index contributed by atoms with van der Waals surface area (Å²) in [6.07, 6.45) is 0. The average molecular weight is 272 g/mol. The lowest BCUT2D eigenvalue weighted by atomic mass is 10.2. The van der Waals surface area contributed by atoms with Crippen molar-refractivity contribution in [1.29, 1.82) is 5.26 Å². The van der Waals surface area contributed by atoms with Gasteiger partial charge in [-0.3, -0.25) is 0 Å². The van der Waals surface area contributed by atoms with E-state index in [2.05, 4.69) is 15.3 Å². The van der Waals surface area contributed by atoms with E-state index in [9.17, 15) is 4.39 Å². The minimum Gasteiger partial charge on any atom is -0.435 e. The molecule has 0 unspecified atom stereocenters. The number of ether oxygens (including phenoxy) is 1. The second-order valence-electron chi connectivity index (χ2n) is 4.16. The molecule has 5 nitrogen and oxygen atoms in total. The Kier molecular flexibility index (Phi) is 3.80. The second kappa shape index (κ2) is 5.53. The van der Waals surface area contributed by atoms with Gasteiger partial charge in [-0.1, -0.05) is 0 Å². The molecule has 102 valence electrons. The van der Waals surface area contributed by atoms with Gasteiger partial charge in [0.15, 0.2) is 11.6 Å². The summed E-state index contributed by atoms with van der Waals surface area (Å²) >= 11 is 0. The topological polar surface area (TPSA) is 70.8 Å². The van der Waals surface area contributed by atoms with E-state index in [0.29, 0.717) is 17.2 Å². The third-order valence-electron chi connectivity index (χ3n) is 2.72. The summed E-state index contributed by atoms with van der Waals surface area (Å²) in [6.45, 7) is 3.50. The molecule has 1 aromatic heterocycles. The number of anilines is 1. The van der Waals surface area contributed by atoms with Crippen molar-refractivity contribution in [1.82, 2.24) is 9.97 Å². The van der Waals surface area contributed by atoms with Gasteiger partial charge in [0.2, 0.25) is 5.88 Å². The smallest absolute Gasteiger partial charge is 0.227 e. The first-order valence-electron chi connectivity index (χ1n) is 5.95. The normalized spacial score (nSPS) is 9.95. The molecule has 6 heteroatoms. The van der Waals surface area contributed by atoms with Gasteiger partial charge in [0.25, 0.3) is 0 Å². The van der Waals surface area contributed by atoms with Gasteiger partial charge < -0.3 is 10.1 Å². The lowest BCUT2D eigenvalue weighted by molar-refractivity contribution is 0.422. The first-order valence-corrected chi connectivity index (χ1v) is 5.95. The van der Waals surface area contributed by atoms with Crippen LogP contribution < -0.4 is 10.1 Å². The van der Waals surface area contributed by atoms with Crippen LogP contribution in [0.1, 0.15) is 17.0 Å². The van der Waals surface area contributed by atoms with E-state index in [1.165, 1.54) is 12.1 Å². The average Bonchev–Trinajstić information content (AvgIpc) is 2.44. The molecule has 20 heavy (non-hydrogen) atoms. The maximum Gasteiger partial charge on any atom is 0.227 e. The van der Waals surface area contributed by atoms with Crippen molar-refractivity contribution in [2.45, 2.75) is 13.8 Å². The molecule has 1 N–H and O–H groups in total. The number of nitrogens with one attached hydrogen (secondary N) is 1. The van der Waals surface area contributed by atoms with Crippen LogP contribution in [0.3, 0.4) is 0 Å². The summed E-state index contributed by atoms with van der Waals surface area (Å²) in [7, 11) is 1.74. The van der Waals surface area contributed by atoms with Crippen LogP contribution >= 0.6 is 0 Å². The van der Waals surface area contributed by atoms with E-state index >= 15 is 0 Å². The lowest BCUT2D eigenvalue weighted by Gasteiger charge is -2.12. The Labute approximate surface area is 116 Å². The molecule has 0 atom stereocenters. The Bertz CT molecular complexity index is 694. The number of hydrogen-bond acceptors (Lipinski definition) is 5. The zero-order chi connectivity index (χ0) is 14.7. The van der Waals surface area contributed by atoms with Gasteiger partial charge in [-0.15, -0.1) is 0 Å². The van der Waals surface area contributed by atoms with Crippen molar-refractivity contribution in [3.8, 4) is 17.7 Å². The summed E-state index contributed by atoms with van der Waals surface area (Å²) in [4.78, 5) is 8.36. The highest BCUT2D eigenvalue weighted by atomic mass is 19.1. The molecule has 1 aromatic carbocycles. The van der Waals surface area contributed by atoms with Crippen LogP contribution in [0.25, 0.3) is 0 Å². The summed E-state index contributed by atoms with van der Waals surface area (Å²) in [5.74, 6) is 0.842. The van der Waals surface area contributed by atoms with Crippen LogP contribution in [0.15, 0.2) is 18.2 Å². The van der Waals surface area contributed by atoms with Crippen molar-refractivity contribution >= 4 is 5.82 Å². The van der Waals surface area contributed by atoms with Crippen LogP contribution in [-0.4, -0.2) is 17.0 Å². The Hall–Kier alpha value is -2.68. The van der Waals surface area contributed by atoms with Crippen LogP contribution in [0.4, 0.5) is 10.2 Å². The molecule has 0 aliphatic rings. The fourth-order valence-corrected chi connectivity index (χ4v) is 1.70. The third kappa shape index (κ3) is 2.67. The van der Waals surface area contributed by atoms with E-state index in [1.54, 1.807) is 20.9 Å². The Morgan fingerprint density at radius 2 is 2.05 bits per heavy atom. The fourth-order valence-electron chi connectivity index (χ4n) is 1.70. The summed E-state index contributed by atoms with van der Waals surface area (Å²) in [5, 5.41) is 11.6. The minimum absolute atomic E-state index is 0.0206. The fraction of sp³-hybridized carbons (Fsp3) is 0.214. The predicted octanol–water partition coefficient (Wildman–Crippen LogP) is 2.94. The molecular formula is C14H13FN4O. The molecule has 0 radical (unpaired) electrons. The lowest BCUT2D eigenvalue weighted by Crippen LogP contribution is -2.03. The highest BCUT2D eigenvalue weighted by Gasteiger charge is 2.13. The van der Waals surface area contributed by atoms with E-state index in [-0.39, 0.29) is 17.2 Å². The molecule has 2 aromatic rings. The molecule has 0 bridgehead atoms. The van der Waals surface area contributed by atoms with E-state index in [0.717, 1.165) is 6.07 Å². The highest BCUT2D eigenvalue weighted by molar-refractivity contribution is 5.49. The molecular weight excluding hydrogens is 259 g/mol. The molecule has 1 heterocycles. The van der Waals surface area contributed by atoms with Gasteiger partial charge in [0, 0.05) is 7.05 Å². The van der Waals surface area contributed by atoms with Gasteiger partial charge >= 0.3 is 0 Å². The number of hydrogen-bond donors (Lipinski definition) is 1. The van der Waals surface area contributed by atoms with Crippen LogP contribution in [0.2, 0.25) is 0 Å². The number of aryl methyl sites for hydroxylation is 1. The number of aromatic nitrogens is 2. The van der Waals surface area contributed by atoms with Crippen LogP contribution in [-0.2, 0) is 0 Å². The van der Waals surface area contributed by atoms with Crippen molar-refractivity contribution < 1.29 is 9.13 Å². The number of rotatable bonds is 3. The van der Waals surface area contributed by atoms with Gasteiger partial charge in [0.1, 0.15) is 11.6 Å². The zero-order valence-electron chi connectivity index (χ0n) is 11.4. The quantitative estimate of drug-likeness (QED) is 0.930. The molecule has 0 saturated carbocycles. The van der Waals surface area contributed by atoms with Crippen molar-refractivity contribution in [2.24, 2.45) is 0 Å². The van der Waals surface area contributed by atoms with Crippen LogP contribution in [0, 0.1) is 31.0 Å². The number of halogens is 1.